The normalized spacial score (nSPS) is 14.4. The van der Waals surface area contributed by atoms with Gasteiger partial charge >= 0.3 is 0 Å². The Morgan fingerprint density at radius 1 is 1.06 bits per heavy atom. The molecule has 1 aliphatic rings. The molecule has 0 bridgehead atoms. The van der Waals surface area contributed by atoms with Crippen molar-refractivity contribution >= 4 is 40.8 Å². The minimum Gasteiger partial charge on any atom is -0.339 e. The van der Waals surface area contributed by atoms with Crippen LogP contribution in [0.3, 0.4) is 0 Å². The maximum atomic E-state index is 13.1. The fraction of sp³-hybridized carbons (Fsp3) is 0.261. The number of benzene rings is 2. The summed E-state index contributed by atoms with van der Waals surface area (Å²) in [7, 11) is 0. The van der Waals surface area contributed by atoms with Gasteiger partial charge in [-0.1, -0.05) is 29.3 Å². The van der Waals surface area contributed by atoms with E-state index in [0.717, 1.165) is 5.56 Å². The van der Waals surface area contributed by atoms with Crippen LogP contribution in [0.2, 0.25) is 10.0 Å². The summed E-state index contributed by atoms with van der Waals surface area (Å²) in [5.74, 6) is -0.278. The van der Waals surface area contributed by atoms with Gasteiger partial charge in [-0.25, -0.2) is 9.07 Å². The average Bonchev–Trinajstić information content (AvgIpc) is 3.22. The number of aromatic nitrogens is 2. The first kappa shape index (κ1) is 22.3. The standard InChI is InChI=1S/C23H21Cl2FN4O2/c24-18-4-1-17(20(25)13-18)14-30-21(7-10-27-30)28-22(31)15-8-11-29(12-9-15)23(32)16-2-5-19(26)6-3-16/h1-7,10,13,15H,8-9,11-12,14H2,(H,28,31). The molecule has 3 aromatic rings. The molecule has 1 aromatic heterocycles. The van der Waals surface area contributed by atoms with Gasteiger partial charge in [0.25, 0.3) is 5.91 Å². The quantitative estimate of drug-likeness (QED) is 0.573. The molecule has 1 aliphatic heterocycles. The summed E-state index contributed by atoms with van der Waals surface area (Å²) < 4.78 is 14.8. The number of hydrogen-bond acceptors (Lipinski definition) is 3. The predicted octanol–water partition coefficient (Wildman–Crippen LogP) is 4.87. The van der Waals surface area contributed by atoms with E-state index in [-0.39, 0.29) is 23.5 Å². The van der Waals surface area contributed by atoms with Crippen LogP contribution in [0.15, 0.2) is 54.7 Å². The summed E-state index contributed by atoms with van der Waals surface area (Å²) in [5.41, 5.74) is 1.28. The smallest absolute Gasteiger partial charge is 0.253 e. The van der Waals surface area contributed by atoms with Gasteiger partial charge in [0.15, 0.2) is 0 Å². The highest BCUT2D eigenvalue weighted by atomic mass is 35.5. The van der Waals surface area contributed by atoms with E-state index in [9.17, 15) is 14.0 Å². The van der Waals surface area contributed by atoms with Crippen molar-refractivity contribution in [1.29, 1.82) is 0 Å². The van der Waals surface area contributed by atoms with Crippen LogP contribution in [-0.2, 0) is 11.3 Å². The highest BCUT2D eigenvalue weighted by molar-refractivity contribution is 6.35. The second-order valence-corrected chi connectivity index (χ2v) is 8.52. The van der Waals surface area contributed by atoms with Crippen LogP contribution in [0.4, 0.5) is 10.2 Å². The number of likely N-dealkylation sites (tertiary alicyclic amines) is 1. The molecule has 1 fully saturated rings. The Kier molecular flexibility index (Phi) is 6.77. The molecule has 1 N–H and O–H groups in total. The van der Waals surface area contributed by atoms with Crippen molar-refractivity contribution in [2.24, 2.45) is 5.92 Å². The van der Waals surface area contributed by atoms with Gasteiger partial charge in [0, 0.05) is 40.7 Å². The van der Waals surface area contributed by atoms with Crippen LogP contribution in [0.25, 0.3) is 0 Å². The number of rotatable bonds is 5. The van der Waals surface area contributed by atoms with E-state index in [2.05, 4.69) is 10.4 Å². The van der Waals surface area contributed by atoms with Gasteiger partial charge in [0.1, 0.15) is 11.6 Å². The van der Waals surface area contributed by atoms with Gasteiger partial charge in [-0.05, 0) is 54.8 Å². The van der Waals surface area contributed by atoms with E-state index >= 15 is 0 Å². The summed E-state index contributed by atoms with van der Waals surface area (Å²) in [6.45, 7) is 1.32. The molecule has 0 unspecified atom stereocenters. The van der Waals surface area contributed by atoms with E-state index in [1.807, 2.05) is 6.07 Å². The van der Waals surface area contributed by atoms with Crippen molar-refractivity contribution in [2.75, 3.05) is 18.4 Å². The molecular weight excluding hydrogens is 454 g/mol. The van der Waals surface area contributed by atoms with E-state index in [1.165, 1.54) is 24.3 Å². The van der Waals surface area contributed by atoms with Crippen molar-refractivity contribution in [3.8, 4) is 0 Å². The molecule has 32 heavy (non-hydrogen) atoms. The molecule has 0 atom stereocenters. The van der Waals surface area contributed by atoms with Crippen LogP contribution in [0.5, 0.6) is 0 Å². The van der Waals surface area contributed by atoms with Crippen molar-refractivity contribution in [2.45, 2.75) is 19.4 Å². The van der Waals surface area contributed by atoms with Crippen molar-refractivity contribution < 1.29 is 14.0 Å². The molecule has 0 spiro atoms. The third-order valence-electron chi connectivity index (χ3n) is 5.55. The number of hydrogen-bond donors (Lipinski definition) is 1. The first-order chi connectivity index (χ1) is 15.4. The van der Waals surface area contributed by atoms with Gasteiger partial charge in [0.05, 0.1) is 12.7 Å². The van der Waals surface area contributed by atoms with E-state index < -0.39 is 0 Å². The summed E-state index contributed by atoms with van der Waals surface area (Å²) in [6.07, 6.45) is 2.72. The molecule has 9 heteroatoms. The van der Waals surface area contributed by atoms with Gasteiger partial charge < -0.3 is 10.2 Å². The van der Waals surface area contributed by atoms with E-state index in [1.54, 1.807) is 34.0 Å². The van der Waals surface area contributed by atoms with Crippen molar-refractivity contribution in [3.05, 3.63) is 81.7 Å². The summed E-state index contributed by atoms with van der Waals surface area (Å²) >= 11 is 12.2. The molecule has 0 radical (unpaired) electrons. The topological polar surface area (TPSA) is 67.2 Å². The lowest BCUT2D eigenvalue weighted by Crippen LogP contribution is -2.41. The number of piperidine rings is 1. The Morgan fingerprint density at radius 3 is 2.47 bits per heavy atom. The monoisotopic (exact) mass is 474 g/mol. The minimum absolute atomic E-state index is 0.108. The second kappa shape index (κ2) is 9.71. The average molecular weight is 475 g/mol. The number of carbonyl (C=O) groups is 2. The Labute approximate surface area is 194 Å². The molecule has 2 aromatic carbocycles. The maximum Gasteiger partial charge on any atom is 0.253 e. The molecule has 2 amide bonds. The molecular formula is C23H21Cl2FN4O2. The third-order valence-corrected chi connectivity index (χ3v) is 6.13. The van der Waals surface area contributed by atoms with Crippen molar-refractivity contribution in [3.63, 3.8) is 0 Å². The molecule has 0 saturated carbocycles. The van der Waals surface area contributed by atoms with Crippen LogP contribution in [0.1, 0.15) is 28.8 Å². The number of nitrogens with zero attached hydrogens (tertiary/aromatic N) is 3. The minimum atomic E-state index is -0.380. The fourth-order valence-corrected chi connectivity index (χ4v) is 4.19. The lowest BCUT2D eigenvalue weighted by molar-refractivity contribution is -0.121. The Balaban J connectivity index is 1.34. The lowest BCUT2D eigenvalue weighted by Gasteiger charge is -2.31. The summed E-state index contributed by atoms with van der Waals surface area (Å²) in [6, 6.07) is 12.5. The van der Waals surface area contributed by atoms with Crippen LogP contribution in [-0.4, -0.2) is 39.6 Å². The largest absolute Gasteiger partial charge is 0.339 e. The summed E-state index contributed by atoms with van der Waals surface area (Å²) in [4.78, 5) is 27.1. The van der Waals surface area contributed by atoms with Gasteiger partial charge in [-0.2, -0.15) is 5.10 Å². The van der Waals surface area contributed by atoms with Crippen molar-refractivity contribution in [1.82, 2.24) is 14.7 Å². The predicted molar refractivity (Wildman–Crippen MR) is 121 cm³/mol. The molecule has 166 valence electrons. The molecule has 4 rings (SSSR count). The van der Waals surface area contributed by atoms with Crippen LogP contribution >= 0.6 is 23.2 Å². The number of halogens is 3. The number of amides is 2. The first-order valence-corrected chi connectivity index (χ1v) is 11.0. The maximum absolute atomic E-state index is 13.1. The highest BCUT2D eigenvalue weighted by Crippen LogP contribution is 2.24. The zero-order valence-corrected chi connectivity index (χ0v) is 18.6. The zero-order chi connectivity index (χ0) is 22.7. The first-order valence-electron chi connectivity index (χ1n) is 10.2. The number of carbonyl (C=O) groups excluding carboxylic acids is 2. The molecule has 0 aliphatic carbocycles. The SMILES string of the molecule is O=C(Nc1ccnn1Cc1ccc(Cl)cc1Cl)C1CCN(C(=O)c2ccc(F)cc2)CC1. The molecule has 6 nitrogen and oxygen atoms in total. The molecule has 1 saturated heterocycles. The zero-order valence-electron chi connectivity index (χ0n) is 17.1. The Hall–Kier alpha value is -2.90. The van der Waals surface area contributed by atoms with Gasteiger partial charge in [-0.3, -0.25) is 9.59 Å². The van der Waals surface area contributed by atoms with E-state index in [4.69, 9.17) is 23.2 Å². The summed E-state index contributed by atoms with van der Waals surface area (Å²) in [5, 5.41) is 8.30. The fourth-order valence-electron chi connectivity index (χ4n) is 3.72. The highest BCUT2D eigenvalue weighted by Gasteiger charge is 2.28. The third kappa shape index (κ3) is 5.11. The van der Waals surface area contributed by atoms with E-state index in [0.29, 0.717) is 53.9 Å². The van der Waals surface area contributed by atoms with Gasteiger partial charge in [0.2, 0.25) is 5.91 Å². The second-order valence-electron chi connectivity index (χ2n) is 7.67. The van der Waals surface area contributed by atoms with Crippen LogP contribution < -0.4 is 5.32 Å². The van der Waals surface area contributed by atoms with Crippen LogP contribution in [0, 0.1) is 11.7 Å². The van der Waals surface area contributed by atoms with Gasteiger partial charge in [-0.15, -0.1) is 0 Å². The number of nitrogens with one attached hydrogen (secondary N) is 1. The lowest BCUT2D eigenvalue weighted by atomic mass is 9.95. The molecule has 2 heterocycles. The number of anilines is 1. The Bertz CT molecular complexity index is 1130. The Morgan fingerprint density at radius 2 is 1.78 bits per heavy atom.